The largest absolute Gasteiger partial charge is 0.480 e. The number of nitrogens with zero attached hydrogens (tertiary/aromatic N) is 1. The number of nitrogens with two attached hydrogens (primary N) is 1. The summed E-state index contributed by atoms with van der Waals surface area (Å²) in [6, 6.07) is 14.8. The molecule has 316 valence electrons. The van der Waals surface area contributed by atoms with Gasteiger partial charge in [0.15, 0.2) is 0 Å². The van der Waals surface area contributed by atoms with Crippen LogP contribution in [-0.2, 0) is 49.3 Å². The van der Waals surface area contributed by atoms with Gasteiger partial charge in [-0.2, -0.15) is 0 Å². The molecule has 5 rings (SSSR count). The van der Waals surface area contributed by atoms with E-state index in [1.165, 1.54) is 7.11 Å². The zero-order valence-corrected chi connectivity index (χ0v) is 34.7. The van der Waals surface area contributed by atoms with Crippen LogP contribution >= 0.6 is 11.6 Å². The number of allylic oxidation sites excluding steroid dienone is 1. The number of rotatable bonds is 17. The van der Waals surface area contributed by atoms with E-state index < -0.39 is 42.0 Å². The van der Waals surface area contributed by atoms with E-state index in [2.05, 4.69) is 10.6 Å². The third kappa shape index (κ3) is 11.5. The molecule has 5 N–H and O–H groups in total. The third-order valence-electron chi connectivity index (χ3n) is 10.6. The first-order valence-corrected chi connectivity index (χ1v) is 20.3. The van der Waals surface area contributed by atoms with E-state index in [1.54, 1.807) is 56.9 Å². The van der Waals surface area contributed by atoms with Gasteiger partial charge in [-0.1, -0.05) is 66.6 Å². The Hall–Kier alpha value is -4.76. The van der Waals surface area contributed by atoms with Crippen LogP contribution in [0.1, 0.15) is 76.8 Å². The van der Waals surface area contributed by atoms with Crippen molar-refractivity contribution in [1.82, 2.24) is 15.5 Å². The number of carboxylic acids is 1. The lowest BCUT2D eigenvalue weighted by atomic mass is 9.80. The summed E-state index contributed by atoms with van der Waals surface area (Å²) in [4.78, 5) is 64.5. The predicted molar refractivity (Wildman–Crippen MR) is 217 cm³/mol. The number of fused-ring (bicyclic) bond motifs is 1. The fraction of sp³-hybridized carbons (Fsp3) is 0.512. The molecule has 0 bridgehead atoms. The van der Waals surface area contributed by atoms with E-state index in [-0.39, 0.29) is 49.2 Å². The number of aliphatic carboxylic acids is 1. The van der Waals surface area contributed by atoms with Crippen molar-refractivity contribution in [3.05, 3.63) is 93.3 Å². The van der Waals surface area contributed by atoms with Gasteiger partial charge in [0.1, 0.15) is 12.1 Å². The average molecular weight is 825 g/mol. The van der Waals surface area contributed by atoms with Crippen LogP contribution in [0.3, 0.4) is 0 Å². The zero-order valence-electron chi connectivity index (χ0n) is 34.0. The highest BCUT2D eigenvalue weighted by molar-refractivity contribution is 6.31. The van der Waals surface area contributed by atoms with Crippen molar-refractivity contribution >= 4 is 41.4 Å². The molecule has 2 fully saturated rings. The normalized spacial score (nSPS) is 20.9. The number of halogens is 1. The summed E-state index contributed by atoms with van der Waals surface area (Å²) in [5.41, 5.74) is 8.80. The highest BCUT2D eigenvalue weighted by Crippen LogP contribution is 2.43. The number of methoxy groups -OCH3 is 1. The number of esters is 3. The number of benzene rings is 2. The topological polar surface area (TPSA) is 196 Å². The third-order valence-corrected chi connectivity index (χ3v) is 10.9. The Morgan fingerprint density at radius 2 is 1.67 bits per heavy atom. The number of ether oxygens (including phenoxy) is 4. The molecule has 2 aromatic carbocycles. The molecule has 1 saturated carbocycles. The minimum atomic E-state index is -0.948. The van der Waals surface area contributed by atoms with E-state index in [4.69, 9.17) is 36.3 Å². The molecule has 0 spiro atoms. The lowest BCUT2D eigenvalue weighted by Gasteiger charge is -2.31. The number of carbonyl (C=O) groups excluding carboxylic acids is 4. The van der Waals surface area contributed by atoms with Crippen LogP contribution < -0.4 is 16.4 Å². The maximum Gasteiger partial charge on any atom is 0.336 e. The Morgan fingerprint density at radius 1 is 0.983 bits per heavy atom. The Morgan fingerprint density at radius 3 is 2.31 bits per heavy atom. The van der Waals surface area contributed by atoms with Crippen LogP contribution in [0, 0.1) is 5.92 Å². The highest BCUT2D eigenvalue weighted by Gasteiger charge is 2.49. The first-order chi connectivity index (χ1) is 27.9. The van der Waals surface area contributed by atoms with E-state index >= 15 is 0 Å². The Labute approximate surface area is 345 Å². The standard InChI is InChI=1S/C23H32N2O5.C20H25ClN2O5/c1-3-30-23(29)18(13-12-16-8-5-4-6-9-16)24-15(2)21(26)25-19-11-7-10-17(19)14-20(25)22(27)28;1-4-28-20(25)18-15(11-27-10-9-22)23-12(2)16(19(24)26-3)17(18)13-7-5-6-8-14(13)21/h4-6,8-9,15,17-20,24H,3,7,10-14H2,1-2H3,(H,27,28);5-8,17,23H,4,9-11,22H2,1-3H3/t15-,17-,18-,19-,20-;17-/m00/s1. The van der Waals surface area contributed by atoms with E-state index in [9.17, 15) is 29.1 Å². The van der Waals surface area contributed by atoms with Gasteiger partial charge < -0.3 is 40.0 Å². The monoisotopic (exact) mass is 824 g/mol. The molecule has 0 aromatic heterocycles. The second-order valence-electron chi connectivity index (χ2n) is 14.4. The van der Waals surface area contributed by atoms with Gasteiger partial charge in [0, 0.05) is 23.3 Å². The van der Waals surface area contributed by atoms with Crippen molar-refractivity contribution in [1.29, 1.82) is 0 Å². The number of hydrogen-bond donors (Lipinski definition) is 4. The summed E-state index contributed by atoms with van der Waals surface area (Å²) in [5.74, 6) is -3.18. The fourth-order valence-corrected chi connectivity index (χ4v) is 8.25. The zero-order chi connectivity index (χ0) is 42.4. The molecule has 0 radical (unpaired) electrons. The number of carbonyl (C=O) groups is 5. The molecule has 2 heterocycles. The molecule has 6 atom stereocenters. The average Bonchev–Trinajstić information content (AvgIpc) is 3.82. The summed E-state index contributed by atoms with van der Waals surface area (Å²) in [5, 5.41) is 16.3. The molecule has 1 amide bonds. The van der Waals surface area contributed by atoms with Crippen LogP contribution in [-0.4, -0.2) is 104 Å². The molecule has 0 unspecified atom stereocenters. The van der Waals surface area contributed by atoms with Crippen LogP contribution in [0.4, 0.5) is 0 Å². The Balaban J connectivity index is 0.000000257. The summed E-state index contributed by atoms with van der Waals surface area (Å²) in [6.07, 6.45) is 4.54. The smallest absolute Gasteiger partial charge is 0.336 e. The van der Waals surface area contributed by atoms with E-state index in [0.717, 1.165) is 24.8 Å². The Bertz CT molecular complexity index is 1820. The quantitative estimate of drug-likeness (QED) is 0.0979. The van der Waals surface area contributed by atoms with E-state index in [0.29, 0.717) is 60.0 Å². The predicted octanol–water partition coefficient (Wildman–Crippen LogP) is 4.65. The van der Waals surface area contributed by atoms with Crippen molar-refractivity contribution in [3.63, 3.8) is 0 Å². The SMILES string of the molecule is CCOC(=O)C1=C(COCCN)NC(C)=C(C(=O)OC)[C@@H]1c1ccccc1Cl.CCOC(=O)[C@H](CCc1ccccc1)N[C@@H](C)C(=O)N1[C@H](C(=O)O)C[C@@H]2CCC[C@@H]21. The van der Waals surface area contributed by atoms with Gasteiger partial charge in [-0.25, -0.2) is 14.4 Å². The number of dihydropyridines is 1. The molecular weight excluding hydrogens is 768 g/mol. The summed E-state index contributed by atoms with van der Waals surface area (Å²) < 4.78 is 21.0. The van der Waals surface area contributed by atoms with Crippen molar-refractivity contribution in [3.8, 4) is 0 Å². The number of carboxylic acid groups (broad SMARTS) is 1. The van der Waals surface area contributed by atoms with Gasteiger partial charge in [-0.3, -0.25) is 14.9 Å². The maximum absolute atomic E-state index is 13.2. The minimum Gasteiger partial charge on any atom is -0.480 e. The number of nitrogens with one attached hydrogen (secondary N) is 2. The summed E-state index contributed by atoms with van der Waals surface area (Å²) >= 11 is 6.42. The fourth-order valence-electron chi connectivity index (χ4n) is 8.01. The number of aryl methyl sites for hydroxylation is 1. The van der Waals surface area contributed by atoms with Gasteiger partial charge in [0.25, 0.3) is 0 Å². The van der Waals surface area contributed by atoms with Crippen molar-refractivity contribution < 1.29 is 48.0 Å². The van der Waals surface area contributed by atoms with Crippen molar-refractivity contribution in [2.24, 2.45) is 11.7 Å². The van der Waals surface area contributed by atoms with Crippen LogP contribution in [0.25, 0.3) is 0 Å². The van der Waals surface area contributed by atoms with Gasteiger partial charge in [0.05, 0.1) is 62.3 Å². The molecule has 58 heavy (non-hydrogen) atoms. The number of amides is 1. The molecular formula is C43H57ClN4O10. The van der Waals surface area contributed by atoms with Crippen molar-refractivity contribution in [2.75, 3.05) is 40.1 Å². The summed E-state index contributed by atoms with van der Waals surface area (Å²) in [7, 11) is 1.29. The van der Waals surface area contributed by atoms with Gasteiger partial charge in [-0.15, -0.1) is 0 Å². The molecule has 2 aliphatic heterocycles. The molecule has 1 aliphatic carbocycles. The lowest BCUT2D eigenvalue weighted by molar-refractivity contribution is -0.151. The molecule has 3 aliphatic rings. The summed E-state index contributed by atoms with van der Waals surface area (Å²) in [6.45, 7) is 8.14. The van der Waals surface area contributed by atoms with Crippen LogP contribution in [0.15, 0.2) is 77.1 Å². The molecule has 15 heteroatoms. The highest BCUT2D eigenvalue weighted by atomic mass is 35.5. The van der Waals surface area contributed by atoms with Crippen LogP contribution in [0.2, 0.25) is 5.02 Å². The minimum absolute atomic E-state index is 0.00629. The number of hydrogen-bond acceptors (Lipinski definition) is 12. The second-order valence-corrected chi connectivity index (χ2v) is 14.8. The first-order valence-electron chi connectivity index (χ1n) is 19.9. The Kier molecular flexibility index (Phi) is 17.7. The molecule has 14 nitrogen and oxygen atoms in total. The first kappa shape index (κ1) is 45.9. The van der Waals surface area contributed by atoms with E-state index in [1.807, 2.05) is 30.3 Å². The van der Waals surface area contributed by atoms with Gasteiger partial charge in [0.2, 0.25) is 5.91 Å². The maximum atomic E-state index is 13.2. The van der Waals surface area contributed by atoms with Crippen molar-refractivity contribution in [2.45, 2.75) is 96.3 Å². The molecule has 2 aromatic rings. The lowest BCUT2D eigenvalue weighted by Crippen LogP contribution is -2.55. The number of likely N-dealkylation sites (tertiary alicyclic amines) is 1. The second kappa shape index (κ2) is 22.4. The van der Waals surface area contributed by atoms with Gasteiger partial charge >= 0.3 is 23.9 Å². The van der Waals surface area contributed by atoms with Crippen LogP contribution in [0.5, 0.6) is 0 Å². The van der Waals surface area contributed by atoms with Gasteiger partial charge in [-0.05, 0) is 82.9 Å². The molecule has 1 saturated heterocycles.